The molecule has 0 bridgehead atoms. The summed E-state index contributed by atoms with van der Waals surface area (Å²) in [7, 11) is 0. The average molecular weight is 338 g/mol. The molecule has 2 heterocycles. The van der Waals surface area contributed by atoms with Gasteiger partial charge in [-0.1, -0.05) is 6.07 Å². The monoisotopic (exact) mass is 338 g/mol. The molecule has 2 aromatic heterocycles. The van der Waals surface area contributed by atoms with Crippen LogP contribution in [0.2, 0.25) is 0 Å². The largest absolute Gasteiger partial charge is 0.352 e. The van der Waals surface area contributed by atoms with Gasteiger partial charge in [-0.3, -0.25) is 9.78 Å². The summed E-state index contributed by atoms with van der Waals surface area (Å²) in [5.74, 6) is 0.214. The molecule has 0 unspecified atom stereocenters. The highest BCUT2D eigenvalue weighted by Gasteiger charge is 2.28. The Morgan fingerprint density at radius 3 is 2.92 bits per heavy atom. The number of nitrogens with one attached hydrogen (secondary N) is 1. The standard InChI is InChI=1S/C18H18N4OS/c1-24-18-15(11-19)14(10-16(22-18)12-5-6-12)17(23)21-9-7-13-4-2-3-8-20-13/h2-4,8,10,12H,5-7,9H2,1H3,(H,21,23). The lowest BCUT2D eigenvalue weighted by Crippen LogP contribution is -2.27. The van der Waals surface area contributed by atoms with Crippen LogP contribution in [0.4, 0.5) is 0 Å². The zero-order valence-corrected chi connectivity index (χ0v) is 14.3. The first kappa shape index (κ1) is 16.5. The fourth-order valence-corrected chi connectivity index (χ4v) is 3.07. The Kier molecular flexibility index (Phi) is 5.11. The molecule has 0 saturated heterocycles. The van der Waals surface area contributed by atoms with E-state index < -0.39 is 0 Å². The van der Waals surface area contributed by atoms with Crippen LogP contribution in [0.15, 0.2) is 35.5 Å². The van der Waals surface area contributed by atoms with Crippen molar-refractivity contribution in [3.05, 3.63) is 53.0 Å². The molecule has 0 spiro atoms. The number of hydrogen-bond donors (Lipinski definition) is 1. The first-order valence-electron chi connectivity index (χ1n) is 7.90. The summed E-state index contributed by atoms with van der Waals surface area (Å²) < 4.78 is 0. The number of nitrogens with zero attached hydrogens (tertiary/aromatic N) is 3. The van der Waals surface area contributed by atoms with Crippen LogP contribution >= 0.6 is 11.8 Å². The summed E-state index contributed by atoms with van der Waals surface area (Å²) in [5.41, 5.74) is 2.65. The Labute approximate surface area is 145 Å². The molecule has 6 heteroatoms. The van der Waals surface area contributed by atoms with Crippen LogP contribution in [0.25, 0.3) is 0 Å². The lowest BCUT2D eigenvalue weighted by Gasteiger charge is -2.11. The molecule has 0 radical (unpaired) electrons. The number of pyridine rings is 2. The molecule has 1 amide bonds. The van der Waals surface area contributed by atoms with Crippen molar-refractivity contribution in [2.24, 2.45) is 0 Å². The fraction of sp³-hybridized carbons (Fsp3) is 0.333. The molecule has 0 aromatic carbocycles. The molecule has 1 fully saturated rings. The number of hydrogen-bond acceptors (Lipinski definition) is 5. The van der Waals surface area contributed by atoms with E-state index in [4.69, 9.17) is 0 Å². The predicted octanol–water partition coefficient (Wildman–Crippen LogP) is 2.92. The maximum absolute atomic E-state index is 12.6. The van der Waals surface area contributed by atoms with Gasteiger partial charge in [-0.05, 0) is 37.3 Å². The predicted molar refractivity (Wildman–Crippen MR) is 93.0 cm³/mol. The van der Waals surface area contributed by atoms with Crippen molar-refractivity contribution in [1.82, 2.24) is 15.3 Å². The SMILES string of the molecule is CSc1nc(C2CC2)cc(C(=O)NCCc2ccccn2)c1C#N. The highest BCUT2D eigenvalue weighted by Crippen LogP contribution is 2.40. The number of nitriles is 1. The number of carbonyl (C=O) groups is 1. The Morgan fingerprint density at radius 1 is 1.46 bits per heavy atom. The van der Waals surface area contributed by atoms with E-state index >= 15 is 0 Å². The minimum atomic E-state index is -0.220. The van der Waals surface area contributed by atoms with E-state index in [1.807, 2.05) is 24.5 Å². The number of thioether (sulfide) groups is 1. The van der Waals surface area contributed by atoms with Gasteiger partial charge in [-0.25, -0.2) is 4.98 Å². The van der Waals surface area contributed by atoms with Crippen LogP contribution in [0.5, 0.6) is 0 Å². The second-order valence-electron chi connectivity index (χ2n) is 5.69. The van der Waals surface area contributed by atoms with Crippen LogP contribution < -0.4 is 5.32 Å². The third-order valence-electron chi connectivity index (χ3n) is 3.94. The maximum atomic E-state index is 12.6. The van der Waals surface area contributed by atoms with E-state index in [1.165, 1.54) is 11.8 Å². The third-order valence-corrected chi connectivity index (χ3v) is 4.63. The minimum Gasteiger partial charge on any atom is -0.352 e. The smallest absolute Gasteiger partial charge is 0.252 e. The molecule has 3 rings (SSSR count). The molecule has 1 saturated carbocycles. The van der Waals surface area contributed by atoms with Crippen LogP contribution in [0.3, 0.4) is 0 Å². The molecule has 5 nitrogen and oxygen atoms in total. The van der Waals surface area contributed by atoms with Gasteiger partial charge in [-0.15, -0.1) is 11.8 Å². The first-order valence-corrected chi connectivity index (χ1v) is 9.12. The Morgan fingerprint density at radius 2 is 2.29 bits per heavy atom. The van der Waals surface area contributed by atoms with E-state index in [9.17, 15) is 10.1 Å². The van der Waals surface area contributed by atoms with Crippen LogP contribution in [-0.4, -0.2) is 28.7 Å². The Hall–Kier alpha value is -2.39. The summed E-state index contributed by atoms with van der Waals surface area (Å²) in [5, 5.41) is 13.0. The number of rotatable bonds is 6. The summed E-state index contributed by atoms with van der Waals surface area (Å²) in [6.45, 7) is 0.483. The van der Waals surface area contributed by atoms with Crippen molar-refractivity contribution in [3.63, 3.8) is 0 Å². The van der Waals surface area contributed by atoms with Crippen molar-refractivity contribution in [2.75, 3.05) is 12.8 Å². The van der Waals surface area contributed by atoms with Crippen molar-refractivity contribution in [2.45, 2.75) is 30.2 Å². The molecular weight excluding hydrogens is 320 g/mol. The summed E-state index contributed by atoms with van der Waals surface area (Å²) in [4.78, 5) is 21.3. The normalized spacial score (nSPS) is 13.3. The summed E-state index contributed by atoms with van der Waals surface area (Å²) >= 11 is 1.41. The van der Waals surface area contributed by atoms with Crippen LogP contribution in [0.1, 0.15) is 46.1 Å². The summed E-state index contributed by atoms with van der Waals surface area (Å²) in [6, 6.07) is 9.63. The molecule has 122 valence electrons. The van der Waals surface area contributed by atoms with Gasteiger partial charge in [0.05, 0.1) is 11.1 Å². The topological polar surface area (TPSA) is 78.7 Å². The van der Waals surface area contributed by atoms with Crippen LogP contribution in [0, 0.1) is 11.3 Å². The zero-order valence-electron chi connectivity index (χ0n) is 13.5. The van der Waals surface area contributed by atoms with Crippen LogP contribution in [-0.2, 0) is 6.42 Å². The van der Waals surface area contributed by atoms with Gasteiger partial charge >= 0.3 is 0 Å². The van der Waals surface area contributed by atoms with Crippen molar-refractivity contribution in [1.29, 1.82) is 5.26 Å². The molecular formula is C18H18N4OS. The zero-order chi connectivity index (χ0) is 16.9. The van der Waals surface area contributed by atoms with Crippen molar-refractivity contribution in [3.8, 4) is 6.07 Å². The van der Waals surface area contributed by atoms with Crippen molar-refractivity contribution >= 4 is 17.7 Å². The maximum Gasteiger partial charge on any atom is 0.252 e. The van der Waals surface area contributed by atoms with Gasteiger partial charge in [0.15, 0.2) is 0 Å². The molecule has 24 heavy (non-hydrogen) atoms. The lowest BCUT2D eigenvalue weighted by atomic mass is 10.1. The number of aromatic nitrogens is 2. The van der Waals surface area contributed by atoms with E-state index in [0.29, 0.717) is 35.0 Å². The second kappa shape index (κ2) is 7.45. The van der Waals surface area contributed by atoms with Gasteiger partial charge in [0.1, 0.15) is 11.1 Å². The third kappa shape index (κ3) is 3.74. The van der Waals surface area contributed by atoms with E-state index in [-0.39, 0.29) is 5.91 Å². The quantitative estimate of drug-likeness (QED) is 0.819. The lowest BCUT2D eigenvalue weighted by molar-refractivity contribution is 0.0953. The number of carbonyl (C=O) groups excluding carboxylic acids is 1. The molecule has 1 aliphatic carbocycles. The molecule has 0 atom stereocenters. The van der Waals surface area contributed by atoms with E-state index in [1.54, 1.807) is 12.3 Å². The van der Waals surface area contributed by atoms with Gasteiger partial charge in [0.25, 0.3) is 5.91 Å². The molecule has 0 aliphatic heterocycles. The van der Waals surface area contributed by atoms with Gasteiger partial charge in [0.2, 0.25) is 0 Å². The van der Waals surface area contributed by atoms with Gasteiger partial charge in [0, 0.05) is 36.5 Å². The highest BCUT2D eigenvalue weighted by atomic mass is 32.2. The second-order valence-corrected chi connectivity index (χ2v) is 6.49. The fourth-order valence-electron chi connectivity index (χ4n) is 2.51. The highest BCUT2D eigenvalue weighted by molar-refractivity contribution is 7.98. The summed E-state index contributed by atoms with van der Waals surface area (Å²) in [6.07, 6.45) is 6.48. The van der Waals surface area contributed by atoms with Gasteiger partial charge < -0.3 is 5.32 Å². The first-order chi connectivity index (χ1) is 11.7. The number of amides is 1. The molecule has 1 N–H and O–H groups in total. The molecule has 2 aromatic rings. The van der Waals surface area contributed by atoms with Crippen molar-refractivity contribution < 1.29 is 4.79 Å². The molecule has 1 aliphatic rings. The Balaban J connectivity index is 1.75. The average Bonchev–Trinajstić information content (AvgIpc) is 3.46. The van der Waals surface area contributed by atoms with E-state index in [2.05, 4.69) is 21.4 Å². The minimum absolute atomic E-state index is 0.220. The van der Waals surface area contributed by atoms with E-state index in [0.717, 1.165) is 24.2 Å². The van der Waals surface area contributed by atoms with Gasteiger partial charge in [-0.2, -0.15) is 5.26 Å². The Bertz CT molecular complexity index is 782.